The average molecular weight is 821 g/mol. The Morgan fingerprint density at radius 3 is 0.845 bits per heavy atom. The Kier molecular flexibility index (Phi) is 45.2. The van der Waals surface area contributed by atoms with Gasteiger partial charge in [0.05, 0.1) is 0 Å². The van der Waals surface area contributed by atoms with Gasteiger partial charge in [-0.1, -0.05) is 252 Å². The smallest absolute Gasteiger partial charge is 0.306 e. The van der Waals surface area contributed by atoms with Gasteiger partial charge in [0.15, 0.2) is 6.10 Å². The van der Waals surface area contributed by atoms with Crippen LogP contribution in [0, 0.1) is 5.92 Å². The second kappa shape index (κ2) is 46.5. The van der Waals surface area contributed by atoms with Gasteiger partial charge in [0, 0.05) is 19.3 Å². The van der Waals surface area contributed by atoms with Crippen molar-refractivity contribution in [2.24, 2.45) is 5.92 Å². The molecule has 0 aliphatic carbocycles. The maximum absolute atomic E-state index is 12.7. The van der Waals surface area contributed by atoms with Gasteiger partial charge in [-0.2, -0.15) is 0 Å². The number of hydrogen-bond acceptors (Lipinski definition) is 6. The van der Waals surface area contributed by atoms with Crippen molar-refractivity contribution in [3.05, 3.63) is 0 Å². The summed E-state index contributed by atoms with van der Waals surface area (Å²) in [7, 11) is 0. The largest absolute Gasteiger partial charge is 0.462 e. The quantitative estimate of drug-likeness (QED) is 0.0346. The standard InChI is InChI=1S/C52H100O6/c1-5-7-9-11-13-15-23-29-33-37-41-45-52(55)58-49(46-56-50(53)43-39-35-31-27-16-14-12-10-8-6-2)47-57-51(54)44-40-36-32-28-25-22-20-18-17-19-21-24-26-30-34-38-42-48(3)4/h48-49H,5-47H2,1-4H3/t49-/m0/s1. The van der Waals surface area contributed by atoms with Crippen molar-refractivity contribution in [1.82, 2.24) is 0 Å². The second-order valence-electron chi connectivity index (χ2n) is 18.3. The molecule has 0 aliphatic heterocycles. The Hall–Kier alpha value is -1.59. The SMILES string of the molecule is CCCCCCCCCCCCCC(=O)O[C@@H](COC(=O)CCCCCCCCCCCC)COC(=O)CCCCCCCCCCCCCCCCCCC(C)C. The third-order valence-corrected chi connectivity index (χ3v) is 11.8. The van der Waals surface area contributed by atoms with Crippen LogP contribution in [0.15, 0.2) is 0 Å². The summed E-state index contributed by atoms with van der Waals surface area (Å²) in [5, 5.41) is 0. The minimum Gasteiger partial charge on any atom is -0.462 e. The van der Waals surface area contributed by atoms with Crippen molar-refractivity contribution >= 4 is 17.9 Å². The summed E-state index contributed by atoms with van der Waals surface area (Å²) in [6.07, 6.45) is 48.0. The van der Waals surface area contributed by atoms with Gasteiger partial charge in [0.1, 0.15) is 13.2 Å². The van der Waals surface area contributed by atoms with Crippen molar-refractivity contribution in [3.8, 4) is 0 Å². The van der Waals surface area contributed by atoms with Gasteiger partial charge in [-0.25, -0.2) is 0 Å². The van der Waals surface area contributed by atoms with Crippen molar-refractivity contribution < 1.29 is 28.6 Å². The molecule has 0 rings (SSSR count). The maximum Gasteiger partial charge on any atom is 0.306 e. The molecule has 0 radical (unpaired) electrons. The molecule has 58 heavy (non-hydrogen) atoms. The molecule has 0 saturated heterocycles. The molecule has 0 fully saturated rings. The van der Waals surface area contributed by atoms with Crippen LogP contribution in [-0.4, -0.2) is 37.2 Å². The van der Waals surface area contributed by atoms with Gasteiger partial charge in [0.25, 0.3) is 0 Å². The first-order valence-electron chi connectivity index (χ1n) is 25.9. The number of carbonyl (C=O) groups is 3. The predicted molar refractivity (Wildman–Crippen MR) is 247 cm³/mol. The molecule has 0 aromatic rings. The Balaban J connectivity index is 4.21. The first kappa shape index (κ1) is 56.4. The molecular weight excluding hydrogens is 721 g/mol. The summed E-state index contributed by atoms with van der Waals surface area (Å²) in [6, 6.07) is 0. The predicted octanol–water partition coefficient (Wildman–Crippen LogP) is 16.7. The number of rotatable bonds is 47. The molecule has 0 amide bonds. The summed E-state index contributed by atoms with van der Waals surface area (Å²) in [5.41, 5.74) is 0. The van der Waals surface area contributed by atoms with E-state index in [2.05, 4.69) is 27.7 Å². The van der Waals surface area contributed by atoms with Crippen molar-refractivity contribution in [3.63, 3.8) is 0 Å². The highest BCUT2D eigenvalue weighted by Gasteiger charge is 2.19. The van der Waals surface area contributed by atoms with Crippen LogP contribution >= 0.6 is 0 Å². The first-order valence-corrected chi connectivity index (χ1v) is 25.9. The van der Waals surface area contributed by atoms with E-state index < -0.39 is 6.10 Å². The molecule has 6 nitrogen and oxygen atoms in total. The molecule has 0 saturated carbocycles. The van der Waals surface area contributed by atoms with Crippen LogP contribution in [0.2, 0.25) is 0 Å². The highest BCUT2D eigenvalue weighted by atomic mass is 16.6. The molecule has 0 bridgehead atoms. The average Bonchev–Trinajstić information content (AvgIpc) is 3.21. The van der Waals surface area contributed by atoms with Crippen LogP contribution in [0.3, 0.4) is 0 Å². The summed E-state index contributed by atoms with van der Waals surface area (Å²) in [5.74, 6) is 0.00633. The molecule has 0 unspecified atom stereocenters. The van der Waals surface area contributed by atoms with Crippen molar-refractivity contribution in [2.75, 3.05) is 13.2 Å². The Morgan fingerprint density at radius 2 is 0.569 bits per heavy atom. The molecule has 0 aromatic carbocycles. The van der Waals surface area contributed by atoms with E-state index in [4.69, 9.17) is 14.2 Å². The summed E-state index contributed by atoms with van der Waals surface area (Å²) in [6.45, 7) is 9.02. The minimum atomic E-state index is -0.759. The van der Waals surface area contributed by atoms with Gasteiger partial charge in [0.2, 0.25) is 0 Å². The fourth-order valence-corrected chi connectivity index (χ4v) is 7.86. The van der Waals surface area contributed by atoms with E-state index in [1.54, 1.807) is 0 Å². The topological polar surface area (TPSA) is 78.9 Å². The summed E-state index contributed by atoms with van der Waals surface area (Å²) in [4.78, 5) is 37.8. The lowest BCUT2D eigenvalue weighted by molar-refractivity contribution is -0.167. The highest BCUT2D eigenvalue weighted by Crippen LogP contribution is 2.17. The monoisotopic (exact) mass is 821 g/mol. The molecule has 344 valence electrons. The van der Waals surface area contributed by atoms with E-state index in [0.29, 0.717) is 19.3 Å². The van der Waals surface area contributed by atoms with Crippen LogP contribution in [0.5, 0.6) is 0 Å². The number of carbonyl (C=O) groups excluding carboxylic acids is 3. The number of esters is 3. The van der Waals surface area contributed by atoms with Gasteiger partial charge in [-0.05, 0) is 25.2 Å². The third kappa shape index (κ3) is 45.5. The van der Waals surface area contributed by atoms with E-state index >= 15 is 0 Å². The van der Waals surface area contributed by atoms with E-state index in [1.165, 1.54) is 186 Å². The van der Waals surface area contributed by atoms with Crippen LogP contribution in [-0.2, 0) is 28.6 Å². The zero-order chi connectivity index (χ0) is 42.4. The number of hydrogen-bond donors (Lipinski definition) is 0. The molecule has 0 aromatic heterocycles. The first-order chi connectivity index (χ1) is 28.4. The molecule has 0 aliphatic rings. The normalized spacial score (nSPS) is 11.9. The van der Waals surface area contributed by atoms with E-state index in [0.717, 1.165) is 63.7 Å². The van der Waals surface area contributed by atoms with Crippen LogP contribution < -0.4 is 0 Å². The lowest BCUT2D eigenvalue weighted by atomic mass is 10.0. The van der Waals surface area contributed by atoms with Gasteiger partial charge in [-0.3, -0.25) is 14.4 Å². The Labute approximate surface area is 361 Å². The van der Waals surface area contributed by atoms with Crippen LogP contribution in [0.1, 0.15) is 291 Å². The number of ether oxygens (including phenoxy) is 3. The van der Waals surface area contributed by atoms with Crippen molar-refractivity contribution in [1.29, 1.82) is 0 Å². The zero-order valence-corrected chi connectivity index (χ0v) is 39.5. The molecular formula is C52H100O6. The van der Waals surface area contributed by atoms with Gasteiger partial charge in [-0.15, -0.1) is 0 Å². The zero-order valence-electron chi connectivity index (χ0n) is 39.5. The molecule has 0 N–H and O–H groups in total. The van der Waals surface area contributed by atoms with Crippen molar-refractivity contribution in [2.45, 2.75) is 297 Å². The fourth-order valence-electron chi connectivity index (χ4n) is 7.86. The second-order valence-corrected chi connectivity index (χ2v) is 18.3. The lowest BCUT2D eigenvalue weighted by Crippen LogP contribution is -2.30. The van der Waals surface area contributed by atoms with Crippen LogP contribution in [0.25, 0.3) is 0 Å². The Bertz CT molecular complexity index is 872. The van der Waals surface area contributed by atoms with E-state index in [9.17, 15) is 14.4 Å². The summed E-state index contributed by atoms with van der Waals surface area (Å²) < 4.78 is 16.8. The third-order valence-electron chi connectivity index (χ3n) is 11.8. The minimum absolute atomic E-state index is 0.0627. The highest BCUT2D eigenvalue weighted by molar-refractivity contribution is 5.71. The van der Waals surface area contributed by atoms with E-state index in [1.807, 2.05) is 0 Å². The lowest BCUT2D eigenvalue weighted by Gasteiger charge is -2.18. The molecule has 6 heteroatoms. The number of unbranched alkanes of at least 4 members (excludes halogenated alkanes) is 34. The summed E-state index contributed by atoms with van der Waals surface area (Å²) >= 11 is 0. The molecule has 0 spiro atoms. The van der Waals surface area contributed by atoms with Gasteiger partial charge >= 0.3 is 17.9 Å². The fraction of sp³-hybridized carbons (Fsp3) is 0.942. The van der Waals surface area contributed by atoms with Crippen LogP contribution in [0.4, 0.5) is 0 Å². The maximum atomic E-state index is 12.7. The molecule has 0 heterocycles. The molecule has 1 atom stereocenters. The Morgan fingerprint density at radius 1 is 0.328 bits per heavy atom. The van der Waals surface area contributed by atoms with Gasteiger partial charge < -0.3 is 14.2 Å². The van der Waals surface area contributed by atoms with E-state index in [-0.39, 0.29) is 31.1 Å².